The Hall–Kier alpha value is -1.29. The SMILES string of the molecule is CC(C)(C)OC(=O)N[C@@H]1CS(=O)(=O)CC[C@@H]1C#N. The van der Waals surface area contributed by atoms with E-state index in [0.717, 1.165) is 0 Å². The molecule has 1 aliphatic heterocycles. The fourth-order valence-corrected chi connectivity index (χ4v) is 3.38. The standard InChI is InChI=1S/C11H18N2O4S/c1-11(2,3)17-10(14)13-9-7-18(15,16)5-4-8(9)6-12/h8-9H,4-5,7H2,1-3H3,(H,13,14)/t8-,9-/m1/s1. The van der Waals surface area contributed by atoms with E-state index in [-0.39, 0.29) is 17.9 Å². The van der Waals surface area contributed by atoms with Gasteiger partial charge in [-0.1, -0.05) is 0 Å². The number of sulfone groups is 1. The van der Waals surface area contributed by atoms with Crippen molar-refractivity contribution in [2.75, 3.05) is 11.5 Å². The fraction of sp³-hybridized carbons (Fsp3) is 0.818. The Kier molecular flexibility index (Phi) is 4.22. The number of nitrogens with one attached hydrogen (secondary N) is 1. The van der Waals surface area contributed by atoms with Gasteiger partial charge in [0.2, 0.25) is 0 Å². The van der Waals surface area contributed by atoms with Crippen LogP contribution in [0.4, 0.5) is 4.79 Å². The molecule has 102 valence electrons. The topological polar surface area (TPSA) is 96.3 Å². The van der Waals surface area contributed by atoms with Gasteiger partial charge in [-0.25, -0.2) is 13.2 Å². The lowest BCUT2D eigenvalue weighted by Crippen LogP contribution is -2.49. The van der Waals surface area contributed by atoms with E-state index in [1.807, 2.05) is 6.07 Å². The van der Waals surface area contributed by atoms with Crippen LogP contribution in [0.1, 0.15) is 27.2 Å². The van der Waals surface area contributed by atoms with Gasteiger partial charge in [0.25, 0.3) is 0 Å². The lowest BCUT2D eigenvalue weighted by Gasteiger charge is -2.28. The van der Waals surface area contributed by atoms with Crippen LogP contribution in [-0.4, -0.2) is 37.7 Å². The predicted octanol–water partition coefficient (Wildman–Crippen LogP) is 0.838. The Morgan fingerprint density at radius 3 is 2.56 bits per heavy atom. The number of nitriles is 1. The third kappa shape index (κ3) is 4.53. The molecule has 1 fully saturated rings. The van der Waals surface area contributed by atoms with Crippen molar-refractivity contribution in [2.45, 2.75) is 38.8 Å². The van der Waals surface area contributed by atoms with Crippen molar-refractivity contribution in [3.05, 3.63) is 0 Å². The summed E-state index contributed by atoms with van der Waals surface area (Å²) >= 11 is 0. The van der Waals surface area contributed by atoms with Gasteiger partial charge in [0.15, 0.2) is 9.84 Å². The normalized spacial score (nSPS) is 27.0. The molecule has 0 unspecified atom stereocenters. The molecule has 0 radical (unpaired) electrons. The number of carbonyl (C=O) groups excluding carboxylic acids is 1. The van der Waals surface area contributed by atoms with Crippen molar-refractivity contribution in [2.24, 2.45) is 5.92 Å². The molecule has 1 heterocycles. The van der Waals surface area contributed by atoms with Gasteiger partial charge in [0, 0.05) is 0 Å². The molecule has 1 N–H and O–H groups in total. The number of rotatable bonds is 1. The molecular formula is C11H18N2O4S. The van der Waals surface area contributed by atoms with Gasteiger partial charge in [0.1, 0.15) is 5.60 Å². The largest absolute Gasteiger partial charge is 0.444 e. The molecule has 0 saturated carbocycles. The maximum atomic E-state index is 11.6. The number of ether oxygens (including phenoxy) is 1. The molecule has 1 saturated heterocycles. The Morgan fingerprint density at radius 1 is 1.44 bits per heavy atom. The van der Waals surface area contributed by atoms with Gasteiger partial charge in [-0.2, -0.15) is 5.26 Å². The zero-order valence-electron chi connectivity index (χ0n) is 10.8. The van der Waals surface area contributed by atoms with Crippen molar-refractivity contribution in [3.8, 4) is 6.07 Å². The first kappa shape index (κ1) is 14.8. The lowest BCUT2D eigenvalue weighted by atomic mass is 10.00. The summed E-state index contributed by atoms with van der Waals surface area (Å²) in [5.41, 5.74) is -0.653. The average Bonchev–Trinajstić information content (AvgIpc) is 2.13. The van der Waals surface area contributed by atoms with Gasteiger partial charge < -0.3 is 10.1 Å². The molecule has 0 spiro atoms. The van der Waals surface area contributed by atoms with Crippen LogP contribution in [-0.2, 0) is 14.6 Å². The maximum Gasteiger partial charge on any atom is 0.407 e. The fourth-order valence-electron chi connectivity index (χ4n) is 1.74. The first-order chi connectivity index (χ1) is 8.13. The zero-order chi connectivity index (χ0) is 14.0. The summed E-state index contributed by atoms with van der Waals surface area (Å²) in [6, 6.07) is 1.33. The molecule has 0 aromatic heterocycles. The van der Waals surface area contributed by atoms with E-state index in [1.165, 1.54) is 0 Å². The molecule has 0 aromatic rings. The molecule has 0 aliphatic carbocycles. The number of amides is 1. The number of nitrogens with zero attached hydrogens (tertiary/aromatic N) is 1. The van der Waals surface area contributed by atoms with Crippen LogP contribution in [0.15, 0.2) is 0 Å². The summed E-state index contributed by atoms with van der Waals surface area (Å²) < 4.78 is 28.0. The molecule has 0 bridgehead atoms. The third-order valence-electron chi connectivity index (χ3n) is 2.53. The molecule has 7 heteroatoms. The molecule has 0 aromatic carbocycles. The molecule has 18 heavy (non-hydrogen) atoms. The minimum atomic E-state index is -3.19. The molecule has 2 atom stereocenters. The Morgan fingerprint density at radius 2 is 2.06 bits per heavy atom. The van der Waals surface area contributed by atoms with Gasteiger partial charge in [-0.05, 0) is 27.2 Å². The Labute approximate surface area is 107 Å². The van der Waals surface area contributed by atoms with E-state index < -0.39 is 33.5 Å². The summed E-state index contributed by atoms with van der Waals surface area (Å²) in [5, 5.41) is 11.4. The second-order valence-electron chi connectivity index (χ2n) is 5.39. The average molecular weight is 274 g/mol. The summed E-state index contributed by atoms with van der Waals surface area (Å²) in [7, 11) is -3.19. The van der Waals surface area contributed by atoms with E-state index in [4.69, 9.17) is 10.00 Å². The maximum absolute atomic E-state index is 11.6. The van der Waals surface area contributed by atoms with Crippen LogP contribution in [0, 0.1) is 17.2 Å². The van der Waals surface area contributed by atoms with Crippen LogP contribution in [0.3, 0.4) is 0 Å². The van der Waals surface area contributed by atoms with Crippen LogP contribution < -0.4 is 5.32 Å². The van der Waals surface area contributed by atoms with Crippen molar-refractivity contribution in [1.29, 1.82) is 5.26 Å². The highest BCUT2D eigenvalue weighted by Gasteiger charge is 2.35. The van der Waals surface area contributed by atoms with E-state index in [0.29, 0.717) is 0 Å². The van der Waals surface area contributed by atoms with Gasteiger partial charge in [-0.15, -0.1) is 0 Å². The van der Waals surface area contributed by atoms with E-state index >= 15 is 0 Å². The minimum absolute atomic E-state index is 0.00226. The highest BCUT2D eigenvalue weighted by molar-refractivity contribution is 7.91. The number of carbonyl (C=O) groups is 1. The first-order valence-corrected chi connectivity index (χ1v) is 7.55. The molecule has 1 rings (SSSR count). The zero-order valence-corrected chi connectivity index (χ0v) is 11.6. The smallest absolute Gasteiger partial charge is 0.407 e. The Balaban J connectivity index is 2.68. The van der Waals surface area contributed by atoms with Gasteiger partial charge in [0.05, 0.1) is 29.5 Å². The predicted molar refractivity (Wildman–Crippen MR) is 65.5 cm³/mol. The monoisotopic (exact) mass is 274 g/mol. The van der Waals surface area contributed by atoms with Crippen molar-refractivity contribution in [3.63, 3.8) is 0 Å². The van der Waals surface area contributed by atoms with Gasteiger partial charge >= 0.3 is 6.09 Å². The number of alkyl carbamates (subject to hydrolysis) is 1. The highest BCUT2D eigenvalue weighted by Crippen LogP contribution is 2.19. The van der Waals surface area contributed by atoms with Crippen LogP contribution in [0.2, 0.25) is 0 Å². The molecule has 1 aliphatic rings. The van der Waals surface area contributed by atoms with E-state index in [9.17, 15) is 13.2 Å². The second kappa shape index (κ2) is 5.14. The second-order valence-corrected chi connectivity index (χ2v) is 7.62. The minimum Gasteiger partial charge on any atom is -0.444 e. The van der Waals surface area contributed by atoms with E-state index in [2.05, 4.69) is 5.32 Å². The molecule has 1 amide bonds. The van der Waals surface area contributed by atoms with Crippen LogP contribution in [0.25, 0.3) is 0 Å². The quantitative estimate of drug-likeness (QED) is 0.764. The van der Waals surface area contributed by atoms with Crippen LogP contribution in [0.5, 0.6) is 0 Å². The molecular weight excluding hydrogens is 256 g/mol. The van der Waals surface area contributed by atoms with Crippen molar-refractivity contribution < 1.29 is 17.9 Å². The number of hydrogen-bond donors (Lipinski definition) is 1. The van der Waals surface area contributed by atoms with Crippen LogP contribution >= 0.6 is 0 Å². The van der Waals surface area contributed by atoms with Gasteiger partial charge in [-0.3, -0.25) is 0 Å². The summed E-state index contributed by atoms with van der Waals surface area (Å²) in [4.78, 5) is 11.6. The van der Waals surface area contributed by atoms with Crippen molar-refractivity contribution >= 4 is 15.9 Å². The summed E-state index contributed by atoms with van der Waals surface area (Å²) in [6.07, 6.45) is -0.441. The number of hydrogen-bond acceptors (Lipinski definition) is 5. The summed E-state index contributed by atoms with van der Waals surface area (Å²) in [5.74, 6) is -0.691. The lowest BCUT2D eigenvalue weighted by molar-refractivity contribution is 0.0498. The third-order valence-corrected chi connectivity index (χ3v) is 4.25. The first-order valence-electron chi connectivity index (χ1n) is 5.72. The molecule has 6 nitrogen and oxygen atoms in total. The van der Waals surface area contributed by atoms with E-state index in [1.54, 1.807) is 20.8 Å². The summed E-state index contributed by atoms with van der Waals surface area (Å²) in [6.45, 7) is 5.14. The highest BCUT2D eigenvalue weighted by atomic mass is 32.2. The Bertz CT molecular complexity index is 458. The van der Waals surface area contributed by atoms with Crippen molar-refractivity contribution in [1.82, 2.24) is 5.32 Å².